The van der Waals surface area contributed by atoms with Gasteiger partial charge in [0.25, 0.3) is 0 Å². The summed E-state index contributed by atoms with van der Waals surface area (Å²) in [5.74, 6) is -0.990. The molecule has 6 nitrogen and oxygen atoms in total. The third kappa shape index (κ3) is 3.62. The lowest BCUT2D eigenvalue weighted by molar-refractivity contribution is -0.147. The zero-order valence-electron chi connectivity index (χ0n) is 15.4. The maximum atomic E-state index is 12.5. The molecule has 1 aliphatic heterocycles. The van der Waals surface area contributed by atoms with Crippen LogP contribution in [0.5, 0.6) is 0 Å². The van der Waals surface area contributed by atoms with Crippen molar-refractivity contribution in [3.05, 3.63) is 58.4 Å². The molecule has 1 N–H and O–H groups in total. The normalized spacial score (nSPS) is 16.6. The van der Waals surface area contributed by atoms with Crippen molar-refractivity contribution < 1.29 is 14.7 Å². The lowest BCUT2D eigenvalue weighted by Gasteiger charge is -2.38. The molecule has 0 bridgehead atoms. The summed E-state index contributed by atoms with van der Waals surface area (Å²) in [7, 11) is 1.74. The van der Waals surface area contributed by atoms with Crippen LogP contribution in [0.25, 0.3) is 6.08 Å². The van der Waals surface area contributed by atoms with Crippen LogP contribution in [0.4, 0.5) is 0 Å². The van der Waals surface area contributed by atoms with Crippen molar-refractivity contribution in [3.63, 3.8) is 0 Å². The highest BCUT2D eigenvalue weighted by atomic mass is 35.5. The number of halogens is 1. The molecule has 1 fully saturated rings. The van der Waals surface area contributed by atoms with Crippen LogP contribution in [0, 0.1) is 6.92 Å². The molecule has 0 radical (unpaired) electrons. The molecule has 1 aliphatic rings. The van der Waals surface area contributed by atoms with Gasteiger partial charge in [0, 0.05) is 31.8 Å². The number of piperidine rings is 1. The van der Waals surface area contributed by atoms with Crippen LogP contribution < -0.4 is 0 Å². The van der Waals surface area contributed by atoms with Crippen LogP contribution in [0.3, 0.4) is 0 Å². The lowest BCUT2D eigenvalue weighted by Crippen LogP contribution is -2.48. The molecule has 1 aromatic heterocycles. The van der Waals surface area contributed by atoms with Crippen molar-refractivity contribution in [1.82, 2.24) is 14.7 Å². The maximum absolute atomic E-state index is 12.5. The Kier molecular flexibility index (Phi) is 5.37. The van der Waals surface area contributed by atoms with E-state index in [1.165, 1.54) is 6.08 Å². The summed E-state index contributed by atoms with van der Waals surface area (Å²) in [5, 5.41) is 14.5. The molecule has 7 heteroatoms. The van der Waals surface area contributed by atoms with Gasteiger partial charge >= 0.3 is 5.97 Å². The lowest BCUT2D eigenvalue weighted by atomic mass is 9.73. The number of hydrogen-bond acceptors (Lipinski definition) is 3. The average molecular weight is 388 g/mol. The molecule has 0 atom stereocenters. The molecule has 2 aromatic rings. The number of carboxylic acids is 1. The van der Waals surface area contributed by atoms with Crippen LogP contribution in [0.1, 0.15) is 29.7 Å². The van der Waals surface area contributed by atoms with Gasteiger partial charge in [0.15, 0.2) is 0 Å². The van der Waals surface area contributed by atoms with E-state index in [9.17, 15) is 14.7 Å². The second-order valence-corrected chi connectivity index (χ2v) is 7.18. The highest BCUT2D eigenvalue weighted by Crippen LogP contribution is 2.36. The number of carbonyl (C=O) groups is 2. The van der Waals surface area contributed by atoms with Crippen molar-refractivity contribution in [2.24, 2.45) is 7.05 Å². The monoisotopic (exact) mass is 387 g/mol. The number of carbonyl (C=O) groups excluding carboxylic acids is 1. The topological polar surface area (TPSA) is 75.4 Å². The Bertz CT molecular complexity index is 881. The van der Waals surface area contributed by atoms with E-state index in [4.69, 9.17) is 11.6 Å². The second-order valence-electron chi connectivity index (χ2n) is 6.83. The summed E-state index contributed by atoms with van der Waals surface area (Å²) in [6.45, 7) is 2.62. The van der Waals surface area contributed by atoms with E-state index in [0.29, 0.717) is 36.6 Å². The maximum Gasteiger partial charge on any atom is 0.314 e. The smallest absolute Gasteiger partial charge is 0.314 e. The molecule has 27 heavy (non-hydrogen) atoms. The quantitative estimate of drug-likeness (QED) is 0.818. The number of aryl methyl sites for hydroxylation is 2. The Labute approximate surface area is 163 Å². The zero-order valence-corrected chi connectivity index (χ0v) is 16.1. The van der Waals surface area contributed by atoms with E-state index >= 15 is 0 Å². The summed E-state index contributed by atoms with van der Waals surface area (Å²) in [6.07, 6.45) is 3.92. The van der Waals surface area contributed by atoms with Gasteiger partial charge in [-0.15, -0.1) is 0 Å². The minimum Gasteiger partial charge on any atom is -0.481 e. The number of aliphatic carboxylic acids is 1. The van der Waals surface area contributed by atoms with Gasteiger partial charge in [-0.1, -0.05) is 41.9 Å². The first-order valence-electron chi connectivity index (χ1n) is 8.80. The predicted octanol–water partition coefficient (Wildman–Crippen LogP) is 3.04. The molecule has 2 heterocycles. The van der Waals surface area contributed by atoms with Crippen molar-refractivity contribution in [3.8, 4) is 0 Å². The number of aromatic nitrogens is 2. The highest BCUT2D eigenvalue weighted by molar-refractivity contribution is 6.31. The van der Waals surface area contributed by atoms with Gasteiger partial charge in [0.2, 0.25) is 5.91 Å². The van der Waals surface area contributed by atoms with E-state index in [-0.39, 0.29) is 5.91 Å². The van der Waals surface area contributed by atoms with Gasteiger partial charge < -0.3 is 10.0 Å². The molecule has 0 saturated carbocycles. The van der Waals surface area contributed by atoms with E-state index in [0.717, 1.165) is 11.3 Å². The van der Waals surface area contributed by atoms with Crippen molar-refractivity contribution >= 4 is 29.6 Å². The number of amides is 1. The molecule has 1 aromatic carbocycles. The minimum absolute atomic E-state index is 0.152. The Hall–Kier alpha value is -2.60. The van der Waals surface area contributed by atoms with Gasteiger partial charge in [0.1, 0.15) is 5.15 Å². The van der Waals surface area contributed by atoms with Gasteiger partial charge in [-0.05, 0) is 31.4 Å². The van der Waals surface area contributed by atoms with Crippen molar-refractivity contribution in [2.75, 3.05) is 13.1 Å². The Morgan fingerprint density at radius 2 is 1.85 bits per heavy atom. The molecule has 1 amide bonds. The highest BCUT2D eigenvalue weighted by Gasteiger charge is 2.43. The number of benzene rings is 1. The molecular formula is C20H22ClN3O3. The summed E-state index contributed by atoms with van der Waals surface area (Å²) >= 11 is 6.18. The first-order valence-corrected chi connectivity index (χ1v) is 9.18. The third-order valence-electron chi connectivity index (χ3n) is 5.25. The molecule has 3 rings (SSSR count). The fourth-order valence-corrected chi connectivity index (χ4v) is 3.83. The number of likely N-dealkylation sites (tertiary alicyclic amines) is 1. The van der Waals surface area contributed by atoms with Gasteiger partial charge in [-0.3, -0.25) is 14.3 Å². The minimum atomic E-state index is -0.939. The molecular weight excluding hydrogens is 366 g/mol. The number of carboxylic acid groups (broad SMARTS) is 1. The average Bonchev–Trinajstić information content (AvgIpc) is 2.92. The fraction of sp³-hybridized carbons (Fsp3) is 0.350. The molecule has 0 spiro atoms. The van der Waals surface area contributed by atoms with Crippen LogP contribution in [0.15, 0.2) is 36.4 Å². The van der Waals surface area contributed by atoms with E-state index in [1.807, 2.05) is 37.3 Å². The van der Waals surface area contributed by atoms with E-state index in [2.05, 4.69) is 5.10 Å². The van der Waals surface area contributed by atoms with E-state index < -0.39 is 11.4 Å². The second kappa shape index (κ2) is 7.56. The molecule has 142 valence electrons. The fourth-order valence-electron chi connectivity index (χ4n) is 3.59. The standard InChI is InChI=1S/C20H22ClN3O3/c1-14-16(18(21)23(2)22-14)8-9-17(25)24-12-10-20(11-13-24,19(26)27)15-6-4-3-5-7-15/h3-9H,10-13H2,1-2H3,(H,26,27). The first-order chi connectivity index (χ1) is 12.8. The van der Waals surface area contributed by atoms with Crippen LogP contribution in [-0.4, -0.2) is 44.8 Å². The van der Waals surface area contributed by atoms with Crippen molar-refractivity contribution in [1.29, 1.82) is 0 Å². The third-order valence-corrected chi connectivity index (χ3v) is 5.70. The number of hydrogen-bond donors (Lipinski definition) is 1. The summed E-state index contributed by atoms with van der Waals surface area (Å²) in [6, 6.07) is 9.26. The van der Waals surface area contributed by atoms with Gasteiger partial charge in [-0.2, -0.15) is 5.10 Å². The first kappa shape index (κ1) is 19.2. The Morgan fingerprint density at radius 3 is 2.37 bits per heavy atom. The van der Waals surface area contributed by atoms with Gasteiger partial charge in [0.05, 0.1) is 11.1 Å². The number of nitrogens with zero attached hydrogens (tertiary/aromatic N) is 3. The largest absolute Gasteiger partial charge is 0.481 e. The Balaban J connectivity index is 1.72. The van der Waals surface area contributed by atoms with Crippen LogP contribution in [0.2, 0.25) is 5.15 Å². The molecule has 1 saturated heterocycles. The van der Waals surface area contributed by atoms with Crippen LogP contribution >= 0.6 is 11.6 Å². The zero-order chi connectivity index (χ0) is 19.6. The van der Waals surface area contributed by atoms with Gasteiger partial charge in [-0.25, -0.2) is 0 Å². The Morgan fingerprint density at radius 1 is 1.22 bits per heavy atom. The van der Waals surface area contributed by atoms with Crippen molar-refractivity contribution in [2.45, 2.75) is 25.2 Å². The SMILES string of the molecule is Cc1nn(C)c(Cl)c1C=CC(=O)N1CCC(C(=O)O)(c2ccccc2)CC1. The molecule has 0 unspecified atom stereocenters. The summed E-state index contributed by atoms with van der Waals surface area (Å²) in [5.41, 5.74) is 1.32. The predicted molar refractivity (Wildman–Crippen MR) is 104 cm³/mol. The van der Waals surface area contributed by atoms with E-state index in [1.54, 1.807) is 22.7 Å². The number of rotatable bonds is 4. The summed E-state index contributed by atoms with van der Waals surface area (Å²) in [4.78, 5) is 26.2. The van der Waals surface area contributed by atoms with Crippen LogP contribution in [-0.2, 0) is 22.1 Å². The summed E-state index contributed by atoms with van der Waals surface area (Å²) < 4.78 is 1.56. The molecule has 0 aliphatic carbocycles.